The highest BCUT2D eigenvalue weighted by molar-refractivity contribution is 8.00. The highest BCUT2D eigenvalue weighted by Crippen LogP contribution is 2.51. The van der Waals surface area contributed by atoms with Gasteiger partial charge in [0.05, 0.1) is 5.56 Å². The van der Waals surface area contributed by atoms with E-state index in [9.17, 15) is 4.79 Å². The predicted molar refractivity (Wildman–Crippen MR) is 108 cm³/mol. The number of carboxylic acid groups (broad SMARTS) is 1. The van der Waals surface area contributed by atoms with Gasteiger partial charge in [-0.3, -0.25) is 0 Å². The van der Waals surface area contributed by atoms with Crippen LogP contribution in [0.4, 0.5) is 0 Å². The van der Waals surface area contributed by atoms with Crippen molar-refractivity contribution in [1.82, 2.24) is 0 Å². The number of hydrogen-bond acceptors (Lipinski definition) is 2. The van der Waals surface area contributed by atoms with Crippen molar-refractivity contribution >= 4 is 17.7 Å². The number of carboxylic acids is 1. The van der Waals surface area contributed by atoms with Gasteiger partial charge in [-0.15, -0.1) is 11.8 Å². The zero-order valence-corrected chi connectivity index (χ0v) is 16.8. The number of rotatable bonds is 1. The normalized spacial score (nSPS) is 17.0. The third-order valence-electron chi connectivity index (χ3n) is 4.78. The Morgan fingerprint density at radius 2 is 1.73 bits per heavy atom. The summed E-state index contributed by atoms with van der Waals surface area (Å²) in [5.41, 5.74) is 4.82. The Morgan fingerprint density at radius 3 is 2.35 bits per heavy atom. The van der Waals surface area contributed by atoms with Gasteiger partial charge in [0.25, 0.3) is 0 Å². The summed E-state index contributed by atoms with van der Waals surface area (Å²) >= 11 is 1.95. The lowest BCUT2D eigenvalue weighted by Gasteiger charge is -2.42. The summed E-state index contributed by atoms with van der Waals surface area (Å²) < 4.78 is 0.238. The van der Waals surface area contributed by atoms with Gasteiger partial charge in [-0.1, -0.05) is 39.5 Å². The first-order valence-corrected chi connectivity index (χ1v) is 9.59. The first kappa shape index (κ1) is 18.6. The van der Waals surface area contributed by atoms with E-state index in [2.05, 4.69) is 58.6 Å². The predicted octanol–water partition coefficient (Wildman–Crippen LogP) is 5.65. The maximum atomic E-state index is 10.9. The second kappa shape index (κ2) is 6.52. The van der Waals surface area contributed by atoms with E-state index in [-0.39, 0.29) is 15.7 Å². The lowest BCUT2D eigenvalue weighted by molar-refractivity contribution is 0.0697. The molecule has 0 atom stereocenters. The van der Waals surface area contributed by atoms with Crippen LogP contribution >= 0.6 is 11.8 Å². The van der Waals surface area contributed by atoms with Gasteiger partial charge in [0.15, 0.2) is 0 Å². The van der Waals surface area contributed by atoms with Crippen molar-refractivity contribution < 1.29 is 9.90 Å². The maximum absolute atomic E-state index is 10.9. The van der Waals surface area contributed by atoms with E-state index < -0.39 is 5.97 Å². The summed E-state index contributed by atoms with van der Waals surface area (Å²) in [7, 11) is 0. The van der Waals surface area contributed by atoms with Gasteiger partial charge in [0.1, 0.15) is 0 Å². The van der Waals surface area contributed by atoms with Crippen LogP contribution in [0.2, 0.25) is 0 Å². The lowest BCUT2D eigenvalue weighted by Crippen LogP contribution is -2.33. The minimum absolute atomic E-state index is 0.122. The van der Waals surface area contributed by atoms with E-state index in [1.807, 2.05) is 11.8 Å². The second-order valence-electron chi connectivity index (χ2n) is 8.22. The zero-order chi connectivity index (χ0) is 19.1. The van der Waals surface area contributed by atoms with Crippen molar-refractivity contribution in [2.24, 2.45) is 0 Å². The Hall–Kier alpha value is -2.18. The van der Waals surface area contributed by atoms with Crippen molar-refractivity contribution in [2.45, 2.75) is 56.1 Å². The van der Waals surface area contributed by atoms with Crippen LogP contribution in [0.1, 0.15) is 66.7 Å². The van der Waals surface area contributed by atoms with E-state index in [0.29, 0.717) is 0 Å². The van der Waals surface area contributed by atoms with Crippen molar-refractivity contribution in [3.05, 3.63) is 64.2 Å². The molecule has 1 heterocycles. The van der Waals surface area contributed by atoms with Gasteiger partial charge in [0.2, 0.25) is 0 Å². The lowest BCUT2D eigenvalue weighted by atomic mass is 9.76. The zero-order valence-electron chi connectivity index (χ0n) is 15.9. The average Bonchev–Trinajstić information content (AvgIpc) is 2.51. The van der Waals surface area contributed by atoms with Crippen molar-refractivity contribution in [3.8, 4) is 11.8 Å². The van der Waals surface area contributed by atoms with Gasteiger partial charge < -0.3 is 5.11 Å². The standard InChI is InChI=1S/C23H24O2S/c1-15-12-20-19(22(2,3)14-23(4,5)26-20)13-18(15)11-8-16-6-9-17(10-7-16)21(24)25/h6-7,9-10,12-13H,14H2,1-5H3,(H,24,25). The van der Waals surface area contributed by atoms with Gasteiger partial charge in [0, 0.05) is 20.8 Å². The van der Waals surface area contributed by atoms with Crippen LogP contribution in [0.5, 0.6) is 0 Å². The molecule has 2 aromatic carbocycles. The molecule has 0 radical (unpaired) electrons. The molecule has 3 heteroatoms. The SMILES string of the molecule is Cc1cc2c(cc1C#Cc1ccc(C(=O)O)cc1)C(C)(C)CC(C)(C)S2. The molecule has 0 saturated heterocycles. The molecule has 3 rings (SSSR count). The highest BCUT2D eigenvalue weighted by Gasteiger charge is 2.38. The molecule has 134 valence electrons. The van der Waals surface area contributed by atoms with E-state index in [1.165, 1.54) is 16.0 Å². The number of fused-ring (bicyclic) bond motifs is 1. The summed E-state index contributed by atoms with van der Waals surface area (Å²) in [6.45, 7) is 11.3. The van der Waals surface area contributed by atoms with E-state index in [1.54, 1.807) is 24.3 Å². The molecular weight excluding hydrogens is 340 g/mol. The molecule has 0 amide bonds. The third kappa shape index (κ3) is 3.81. The third-order valence-corrected chi connectivity index (χ3v) is 6.04. The largest absolute Gasteiger partial charge is 0.478 e. The average molecular weight is 365 g/mol. The van der Waals surface area contributed by atoms with Crippen LogP contribution in [0, 0.1) is 18.8 Å². The monoisotopic (exact) mass is 364 g/mol. The summed E-state index contributed by atoms with van der Waals surface area (Å²) in [6.07, 6.45) is 1.13. The van der Waals surface area contributed by atoms with Gasteiger partial charge in [-0.2, -0.15) is 0 Å². The van der Waals surface area contributed by atoms with Gasteiger partial charge in [-0.05, 0) is 66.3 Å². The van der Waals surface area contributed by atoms with Crippen LogP contribution < -0.4 is 0 Å². The van der Waals surface area contributed by atoms with Crippen LogP contribution in [-0.2, 0) is 5.41 Å². The molecule has 0 spiro atoms. The summed E-state index contributed by atoms with van der Waals surface area (Å²) in [5, 5.41) is 8.98. The van der Waals surface area contributed by atoms with E-state index in [0.717, 1.165) is 17.5 Å². The Balaban J connectivity index is 1.97. The smallest absolute Gasteiger partial charge is 0.335 e. The first-order valence-electron chi connectivity index (χ1n) is 8.77. The summed E-state index contributed by atoms with van der Waals surface area (Å²) in [5.74, 6) is 5.53. The molecule has 1 aliphatic heterocycles. The Labute approximate surface area is 160 Å². The molecule has 26 heavy (non-hydrogen) atoms. The molecule has 0 saturated carbocycles. The van der Waals surface area contributed by atoms with Crippen molar-refractivity contribution in [2.75, 3.05) is 0 Å². The topological polar surface area (TPSA) is 37.3 Å². The molecule has 1 N–H and O–H groups in total. The Bertz CT molecular complexity index is 925. The Kier molecular flexibility index (Phi) is 4.67. The van der Waals surface area contributed by atoms with Crippen molar-refractivity contribution in [3.63, 3.8) is 0 Å². The molecule has 0 aromatic heterocycles. The fourth-order valence-corrected chi connectivity index (χ4v) is 5.47. The summed E-state index contributed by atoms with van der Waals surface area (Å²) in [4.78, 5) is 12.3. The second-order valence-corrected chi connectivity index (χ2v) is 9.97. The fraction of sp³-hybridized carbons (Fsp3) is 0.348. The quantitative estimate of drug-likeness (QED) is 0.665. The van der Waals surface area contributed by atoms with E-state index >= 15 is 0 Å². The molecular formula is C23H24O2S. The number of aromatic carboxylic acids is 1. The number of thioether (sulfide) groups is 1. The molecule has 0 unspecified atom stereocenters. The molecule has 0 fully saturated rings. The number of carbonyl (C=O) groups is 1. The number of aryl methyl sites for hydroxylation is 1. The maximum Gasteiger partial charge on any atom is 0.335 e. The molecule has 2 aromatic rings. The minimum Gasteiger partial charge on any atom is -0.478 e. The van der Waals surface area contributed by atoms with Gasteiger partial charge >= 0.3 is 5.97 Å². The minimum atomic E-state index is -0.919. The van der Waals surface area contributed by atoms with Crippen LogP contribution in [0.3, 0.4) is 0 Å². The first-order chi connectivity index (χ1) is 12.1. The van der Waals surface area contributed by atoms with Gasteiger partial charge in [-0.25, -0.2) is 4.79 Å². The van der Waals surface area contributed by atoms with Crippen LogP contribution in [-0.4, -0.2) is 15.8 Å². The summed E-state index contributed by atoms with van der Waals surface area (Å²) in [6, 6.07) is 11.2. The molecule has 0 aliphatic carbocycles. The molecule has 2 nitrogen and oxygen atoms in total. The van der Waals surface area contributed by atoms with Crippen molar-refractivity contribution in [1.29, 1.82) is 0 Å². The number of hydrogen-bond donors (Lipinski definition) is 1. The Morgan fingerprint density at radius 1 is 1.08 bits per heavy atom. The number of benzene rings is 2. The molecule has 1 aliphatic rings. The van der Waals surface area contributed by atoms with Crippen LogP contribution in [0.25, 0.3) is 0 Å². The molecule has 0 bridgehead atoms. The fourth-order valence-electron chi connectivity index (χ4n) is 3.76. The highest BCUT2D eigenvalue weighted by atomic mass is 32.2. The van der Waals surface area contributed by atoms with Crippen LogP contribution in [0.15, 0.2) is 41.3 Å². The van der Waals surface area contributed by atoms with E-state index in [4.69, 9.17) is 5.11 Å².